The largest absolute Gasteiger partial charge is 0.458 e. The number of amides is 3. The Hall–Kier alpha value is -4.40. The SMILES string of the molecule is C=CCN(C(=O)C(NC(=O)OC(C)(C)C)C(C)C)C(C(=O)NC(Cc1ccccc1)C(=O)OC(C)(C)C)c1cccc(C=C)c1. The summed E-state index contributed by atoms with van der Waals surface area (Å²) in [4.78, 5) is 56.1. The van der Waals surface area contributed by atoms with Gasteiger partial charge >= 0.3 is 12.1 Å². The first kappa shape index (κ1) is 36.8. The van der Waals surface area contributed by atoms with Gasteiger partial charge in [-0.1, -0.05) is 81.1 Å². The molecule has 9 heteroatoms. The molecule has 0 bridgehead atoms. The number of nitrogens with zero attached hydrogens (tertiary/aromatic N) is 1. The van der Waals surface area contributed by atoms with Gasteiger partial charge in [-0.05, 0) is 70.2 Å². The summed E-state index contributed by atoms with van der Waals surface area (Å²) in [5.41, 5.74) is 0.466. The molecule has 2 rings (SSSR count). The van der Waals surface area contributed by atoms with Crippen molar-refractivity contribution < 1.29 is 28.7 Å². The van der Waals surface area contributed by atoms with E-state index >= 15 is 0 Å². The Morgan fingerprint density at radius 3 is 2.02 bits per heavy atom. The highest BCUT2D eigenvalue weighted by molar-refractivity contribution is 5.94. The van der Waals surface area contributed by atoms with Crippen LogP contribution in [-0.4, -0.2) is 58.6 Å². The van der Waals surface area contributed by atoms with Gasteiger partial charge in [-0.15, -0.1) is 6.58 Å². The van der Waals surface area contributed by atoms with Gasteiger partial charge in [0.1, 0.15) is 29.3 Å². The number of esters is 1. The molecule has 0 heterocycles. The molecule has 0 saturated heterocycles. The molecule has 9 nitrogen and oxygen atoms in total. The number of rotatable bonds is 13. The molecule has 0 saturated carbocycles. The summed E-state index contributed by atoms with van der Waals surface area (Å²) < 4.78 is 11.1. The van der Waals surface area contributed by atoms with E-state index in [9.17, 15) is 19.2 Å². The topological polar surface area (TPSA) is 114 Å². The molecule has 0 aliphatic carbocycles. The van der Waals surface area contributed by atoms with Gasteiger partial charge in [0, 0.05) is 13.0 Å². The summed E-state index contributed by atoms with van der Waals surface area (Å²) >= 11 is 0. The predicted molar refractivity (Wildman–Crippen MR) is 177 cm³/mol. The molecule has 0 aliphatic heterocycles. The zero-order valence-corrected chi connectivity index (χ0v) is 27.9. The van der Waals surface area contributed by atoms with E-state index in [4.69, 9.17) is 9.47 Å². The third-order valence-electron chi connectivity index (χ3n) is 6.53. The van der Waals surface area contributed by atoms with Crippen LogP contribution in [0, 0.1) is 5.92 Å². The van der Waals surface area contributed by atoms with Crippen molar-refractivity contribution in [1.29, 1.82) is 0 Å². The first-order valence-electron chi connectivity index (χ1n) is 15.2. The molecule has 0 aromatic heterocycles. The van der Waals surface area contributed by atoms with Gasteiger partial charge in [-0.2, -0.15) is 0 Å². The van der Waals surface area contributed by atoms with E-state index in [2.05, 4.69) is 23.8 Å². The first-order chi connectivity index (χ1) is 21.0. The lowest BCUT2D eigenvalue weighted by Crippen LogP contribution is -2.56. The number of benzene rings is 2. The van der Waals surface area contributed by atoms with Crippen LogP contribution in [0.1, 0.15) is 78.1 Å². The summed E-state index contributed by atoms with van der Waals surface area (Å²) in [5.74, 6) is -2.07. The highest BCUT2D eigenvalue weighted by Crippen LogP contribution is 2.26. The van der Waals surface area contributed by atoms with Crippen molar-refractivity contribution in [1.82, 2.24) is 15.5 Å². The number of hydrogen-bond donors (Lipinski definition) is 2. The highest BCUT2D eigenvalue weighted by atomic mass is 16.6. The molecule has 0 spiro atoms. The zero-order chi connectivity index (χ0) is 33.9. The van der Waals surface area contributed by atoms with Crippen molar-refractivity contribution in [2.45, 2.75) is 91.1 Å². The molecule has 0 radical (unpaired) electrons. The second-order valence-corrected chi connectivity index (χ2v) is 13.2. The molecule has 2 aromatic rings. The molecular formula is C36H49N3O6. The van der Waals surface area contributed by atoms with Gasteiger partial charge in [0.25, 0.3) is 0 Å². The van der Waals surface area contributed by atoms with Crippen LogP contribution in [0.3, 0.4) is 0 Å². The third-order valence-corrected chi connectivity index (χ3v) is 6.53. The third kappa shape index (κ3) is 11.9. The van der Waals surface area contributed by atoms with Crippen LogP contribution < -0.4 is 10.6 Å². The summed E-state index contributed by atoms with van der Waals surface area (Å²) in [6.45, 7) is 21.7. The Kier molecular flexibility index (Phi) is 13.1. The standard InChI is InChI=1S/C36H49N3O6/c1-11-21-39(32(41)29(24(3)4)38-34(43)45-36(8,9)10)30(27-20-16-19-25(12-2)22-27)31(40)37-28(33(42)44-35(5,6)7)23-26-17-14-13-15-18-26/h11-20,22,24,28-30H,1-2,21,23H2,3-10H3,(H,37,40)(H,38,43). The average molecular weight is 620 g/mol. The Labute approximate surface area is 268 Å². The van der Waals surface area contributed by atoms with Gasteiger partial charge in [-0.3, -0.25) is 9.59 Å². The van der Waals surface area contributed by atoms with Crippen LogP contribution in [-0.2, 0) is 30.3 Å². The number of carbonyl (C=O) groups is 4. The summed E-state index contributed by atoms with van der Waals surface area (Å²) in [5, 5.41) is 5.57. The maximum Gasteiger partial charge on any atom is 0.408 e. The Bertz CT molecular complexity index is 1340. The summed E-state index contributed by atoms with van der Waals surface area (Å²) in [6, 6.07) is 13.1. The molecule has 244 valence electrons. The minimum absolute atomic E-state index is 0.0236. The van der Waals surface area contributed by atoms with Crippen molar-refractivity contribution in [2.24, 2.45) is 5.92 Å². The van der Waals surface area contributed by atoms with Crippen LogP contribution in [0.5, 0.6) is 0 Å². The molecule has 45 heavy (non-hydrogen) atoms. The van der Waals surface area contributed by atoms with E-state index in [1.165, 1.54) is 11.0 Å². The molecule has 0 aliphatic rings. The maximum absolute atomic E-state index is 14.4. The maximum atomic E-state index is 14.4. The Morgan fingerprint density at radius 2 is 1.49 bits per heavy atom. The van der Waals surface area contributed by atoms with Gasteiger partial charge in [0.2, 0.25) is 11.8 Å². The van der Waals surface area contributed by atoms with Crippen LogP contribution in [0.15, 0.2) is 73.8 Å². The average Bonchev–Trinajstić information content (AvgIpc) is 2.93. The Morgan fingerprint density at radius 1 is 0.867 bits per heavy atom. The monoisotopic (exact) mass is 619 g/mol. The quantitative estimate of drug-likeness (QED) is 0.210. The van der Waals surface area contributed by atoms with E-state index in [-0.39, 0.29) is 18.9 Å². The lowest BCUT2D eigenvalue weighted by Gasteiger charge is -2.35. The van der Waals surface area contributed by atoms with E-state index in [1.807, 2.05) is 36.4 Å². The summed E-state index contributed by atoms with van der Waals surface area (Å²) in [7, 11) is 0. The molecule has 3 unspecified atom stereocenters. The summed E-state index contributed by atoms with van der Waals surface area (Å²) in [6.07, 6.45) is 2.56. The number of carbonyl (C=O) groups excluding carboxylic acids is 4. The fraction of sp³-hybridized carbons (Fsp3) is 0.444. The zero-order valence-electron chi connectivity index (χ0n) is 27.9. The van der Waals surface area contributed by atoms with Crippen LogP contribution in [0.4, 0.5) is 4.79 Å². The second kappa shape index (κ2) is 16.1. The van der Waals surface area contributed by atoms with Crippen LogP contribution in [0.2, 0.25) is 0 Å². The normalized spacial score (nSPS) is 13.5. The van der Waals surface area contributed by atoms with Crippen molar-refractivity contribution in [3.8, 4) is 0 Å². The highest BCUT2D eigenvalue weighted by Gasteiger charge is 2.39. The first-order valence-corrected chi connectivity index (χ1v) is 15.2. The van der Waals surface area contributed by atoms with E-state index in [0.717, 1.165) is 11.1 Å². The van der Waals surface area contributed by atoms with Crippen molar-refractivity contribution in [2.75, 3.05) is 6.54 Å². The van der Waals surface area contributed by atoms with Crippen molar-refractivity contribution in [3.63, 3.8) is 0 Å². The molecule has 2 aromatic carbocycles. The van der Waals surface area contributed by atoms with Gasteiger partial charge in [-0.25, -0.2) is 9.59 Å². The van der Waals surface area contributed by atoms with Crippen molar-refractivity contribution in [3.05, 3.63) is 90.5 Å². The Balaban J connectivity index is 2.61. The van der Waals surface area contributed by atoms with E-state index < -0.39 is 53.2 Å². The number of ether oxygens (including phenoxy) is 2. The minimum atomic E-state index is -1.20. The number of nitrogens with one attached hydrogen (secondary N) is 2. The smallest absolute Gasteiger partial charge is 0.408 e. The fourth-order valence-corrected chi connectivity index (χ4v) is 4.58. The van der Waals surface area contributed by atoms with E-state index in [0.29, 0.717) is 5.56 Å². The van der Waals surface area contributed by atoms with Gasteiger partial charge in [0.15, 0.2) is 0 Å². The fourth-order valence-electron chi connectivity index (χ4n) is 4.58. The van der Waals surface area contributed by atoms with Crippen molar-refractivity contribution >= 4 is 30.0 Å². The van der Waals surface area contributed by atoms with Crippen LogP contribution in [0.25, 0.3) is 6.08 Å². The number of hydrogen-bond acceptors (Lipinski definition) is 6. The lowest BCUT2D eigenvalue weighted by atomic mass is 9.97. The molecule has 2 N–H and O–H groups in total. The molecule has 3 atom stereocenters. The second-order valence-electron chi connectivity index (χ2n) is 13.2. The van der Waals surface area contributed by atoms with E-state index in [1.54, 1.807) is 79.7 Å². The van der Waals surface area contributed by atoms with Crippen LogP contribution >= 0.6 is 0 Å². The molecule has 0 fully saturated rings. The molecular weight excluding hydrogens is 570 g/mol. The molecule has 3 amide bonds. The lowest BCUT2D eigenvalue weighted by molar-refractivity contribution is -0.159. The minimum Gasteiger partial charge on any atom is -0.458 e. The number of alkyl carbamates (subject to hydrolysis) is 1. The van der Waals surface area contributed by atoms with Gasteiger partial charge in [0.05, 0.1) is 0 Å². The predicted octanol–water partition coefficient (Wildman–Crippen LogP) is 6.00. The van der Waals surface area contributed by atoms with Gasteiger partial charge < -0.3 is 25.0 Å².